The van der Waals surface area contributed by atoms with Crippen molar-refractivity contribution in [2.45, 2.75) is 17.5 Å². The lowest BCUT2D eigenvalue weighted by atomic mass is 10.2. The van der Waals surface area contributed by atoms with Gasteiger partial charge in [0.2, 0.25) is 0 Å². The van der Waals surface area contributed by atoms with Crippen LogP contribution < -0.4 is 14.2 Å². The van der Waals surface area contributed by atoms with Gasteiger partial charge < -0.3 is 14.4 Å². The van der Waals surface area contributed by atoms with Gasteiger partial charge in [-0.05, 0) is 93.3 Å². The van der Waals surface area contributed by atoms with Gasteiger partial charge in [-0.15, -0.1) is 0 Å². The number of nitrogens with zero attached hydrogens (tertiary/aromatic N) is 1. The maximum absolute atomic E-state index is 12.7. The van der Waals surface area contributed by atoms with E-state index in [0.717, 1.165) is 25.1 Å². The maximum Gasteiger partial charge on any atom is 0.416 e. The molecule has 0 atom stereocenters. The summed E-state index contributed by atoms with van der Waals surface area (Å²) in [6.45, 7) is 1.42. The Morgan fingerprint density at radius 3 is 1.88 bits per heavy atom. The monoisotopic (exact) mass is 494 g/mol. The lowest BCUT2D eigenvalue weighted by molar-refractivity contribution is -0.137. The first-order valence-electron chi connectivity index (χ1n) is 10.4. The van der Waals surface area contributed by atoms with Crippen LogP contribution in [0.15, 0.2) is 77.7 Å². The normalized spacial score (nSPS) is 11.9. The van der Waals surface area contributed by atoms with Crippen LogP contribution >= 0.6 is 0 Å². The molecule has 3 aromatic rings. The first-order chi connectivity index (χ1) is 16.0. The predicted molar refractivity (Wildman–Crippen MR) is 124 cm³/mol. The summed E-state index contributed by atoms with van der Waals surface area (Å²) >= 11 is 0. The van der Waals surface area contributed by atoms with Crippen LogP contribution in [0.3, 0.4) is 0 Å². The van der Waals surface area contributed by atoms with Gasteiger partial charge in [0, 0.05) is 12.2 Å². The number of hydrogen-bond acceptors (Lipinski definition) is 5. The molecule has 182 valence electrons. The molecule has 1 N–H and O–H groups in total. The fourth-order valence-electron chi connectivity index (χ4n) is 2.94. The molecule has 0 unspecified atom stereocenters. The molecule has 10 heteroatoms. The van der Waals surface area contributed by atoms with E-state index in [1.54, 1.807) is 12.1 Å². The average Bonchev–Trinajstić information content (AvgIpc) is 2.78. The first-order valence-corrected chi connectivity index (χ1v) is 11.9. The zero-order valence-corrected chi connectivity index (χ0v) is 19.5. The Bertz CT molecular complexity index is 1160. The standard InChI is InChI=1S/C24H25F3N2O4S/c1-29(2)16-3-17-32-20-12-14-23(15-13-20)34(30,31)28-19-6-10-22(11-7-19)33-21-8-4-18(5-9-21)24(25,26)27/h4-15,28H,3,16-17H2,1-2H3. The van der Waals surface area contributed by atoms with Gasteiger partial charge in [0.15, 0.2) is 0 Å². The number of benzene rings is 3. The summed E-state index contributed by atoms with van der Waals surface area (Å²) in [4.78, 5) is 2.14. The maximum atomic E-state index is 12.7. The minimum Gasteiger partial charge on any atom is -0.494 e. The first kappa shape index (κ1) is 25.4. The molecule has 0 aliphatic heterocycles. The van der Waals surface area contributed by atoms with Crippen LogP contribution in [0.5, 0.6) is 17.2 Å². The number of alkyl halides is 3. The number of sulfonamides is 1. The summed E-state index contributed by atoms with van der Waals surface area (Å²) in [5.74, 6) is 1.16. The minimum atomic E-state index is -4.42. The second kappa shape index (κ2) is 10.8. The molecule has 0 spiro atoms. The van der Waals surface area contributed by atoms with Crippen molar-refractivity contribution in [2.75, 3.05) is 32.0 Å². The highest BCUT2D eigenvalue weighted by Crippen LogP contribution is 2.31. The second-order valence-corrected chi connectivity index (χ2v) is 9.41. The molecule has 0 heterocycles. The van der Waals surface area contributed by atoms with Crippen LogP contribution in [-0.4, -0.2) is 40.6 Å². The Hall–Kier alpha value is -3.24. The molecule has 0 saturated heterocycles. The molecular formula is C24H25F3N2O4S. The van der Waals surface area contributed by atoms with Gasteiger partial charge in [-0.1, -0.05) is 0 Å². The average molecular weight is 495 g/mol. The third-order valence-corrected chi connectivity index (χ3v) is 6.07. The van der Waals surface area contributed by atoms with E-state index in [-0.39, 0.29) is 10.6 Å². The van der Waals surface area contributed by atoms with Crippen LogP contribution in [0.1, 0.15) is 12.0 Å². The van der Waals surface area contributed by atoms with Gasteiger partial charge in [-0.2, -0.15) is 13.2 Å². The lowest BCUT2D eigenvalue weighted by Crippen LogP contribution is -2.15. The number of hydrogen-bond donors (Lipinski definition) is 1. The highest BCUT2D eigenvalue weighted by atomic mass is 32.2. The lowest BCUT2D eigenvalue weighted by Gasteiger charge is -2.12. The summed E-state index contributed by atoms with van der Waals surface area (Å²) in [6.07, 6.45) is -3.57. The van der Waals surface area contributed by atoms with Crippen molar-refractivity contribution in [2.24, 2.45) is 0 Å². The molecule has 0 bridgehead atoms. The van der Waals surface area contributed by atoms with E-state index in [2.05, 4.69) is 9.62 Å². The zero-order chi connectivity index (χ0) is 24.8. The third kappa shape index (κ3) is 7.39. The van der Waals surface area contributed by atoms with Crippen LogP contribution in [0.4, 0.5) is 18.9 Å². The SMILES string of the molecule is CN(C)CCCOc1ccc(S(=O)(=O)Nc2ccc(Oc3ccc(C(F)(F)F)cc3)cc2)cc1. The van der Waals surface area contributed by atoms with E-state index in [9.17, 15) is 21.6 Å². The van der Waals surface area contributed by atoms with Crippen LogP contribution in [0.25, 0.3) is 0 Å². The largest absolute Gasteiger partial charge is 0.494 e. The van der Waals surface area contributed by atoms with E-state index in [1.165, 1.54) is 48.5 Å². The van der Waals surface area contributed by atoms with E-state index in [4.69, 9.17) is 9.47 Å². The van der Waals surface area contributed by atoms with E-state index in [0.29, 0.717) is 23.8 Å². The topological polar surface area (TPSA) is 67.9 Å². The number of rotatable bonds is 10. The van der Waals surface area contributed by atoms with Crippen LogP contribution in [0.2, 0.25) is 0 Å². The Labute approximate surface area is 197 Å². The van der Waals surface area contributed by atoms with Crippen molar-refractivity contribution in [1.82, 2.24) is 4.90 Å². The van der Waals surface area contributed by atoms with Crippen molar-refractivity contribution in [1.29, 1.82) is 0 Å². The van der Waals surface area contributed by atoms with Gasteiger partial charge in [0.1, 0.15) is 17.2 Å². The summed E-state index contributed by atoms with van der Waals surface area (Å²) < 4.78 is 76.9. The molecule has 0 aliphatic carbocycles. The Morgan fingerprint density at radius 1 is 0.824 bits per heavy atom. The summed E-state index contributed by atoms with van der Waals surface area (Å²) in [6, 6.07) is 16.5. The highest BCUT2D eigenvalue weighted by Gasteiger charge is 2.30. The van der Waals surface area contributed by atoms with Gasteiger partial charge in [-0.3, -0.25) is 4.72 Å². The molecule has 6 nitrogen and oxygen atoms in total. The second-order valence-electron chi connectivity index (χ2n) is 7.73. The summed E-state index contributed by atoms with van der Waals surface area (Å²) in [5, 5.41) is 0. The number of ether oxygens (including phenoxy) is 2. The van der Waals surface area contributed by atoms with Gasteiger partial charge in [0.25, 0.3) is 10.0 Å². The predicted octanol–water partition coefficient (Wildman–Crippen LogP) is 5.63. The highest BCUT2D eigenvalue weighted by molar-refractivity contribution is 7.92. The molecule has 3 aromatic carbocycles. The number of nitrogens with one attached hydrogen (secondary N) is 1. The van der Waals surface area contributed by atoms with Gasteiger partial charge in [0.05, 0.1) is 17.1 Å². The fourth-order valence-corrected chi connectivity index (χ4v) is 4.00. The smallest absolute Gasteiger partial charge is 0.416 e. The molecule has 0 aromatic heterocycles. The number of halogens is 3. The van der Waals surface area contributed by atoms with E-state index in [1.807, 2.05) is 14.1 Å². The molecule has 0 fully saturated rings. The van der Waals surface area contributed by atoms with E-state index >= 15 is 0 Å². The van der Waals surface area contributed by atoms with Crippen LogP contribution in [0, 0.1) is 0 Å². The Kier molecular flexibility index (Phi) is 8.06. The molecule has 34 heavy (non-hydrogen) atoms. The molecule has 0 radical (unpaired) electrons. The zero-order valence-electron chi connectivity index (χ0n) is 18.7. The molecule has 3 rings (SSSR count). The van der Waals surface area contributed by atoms with Gasteiger partial charge in [-0.25, -0.2) is 8.42 Å². The third-order valence-electron chi connectivity index (χ3n) is 4.68. The number of anilines is 1. The molecule has 0 saturated carbocycles. The minimum absolute atomic E-state index is 0.0817. The molecule has 0 amide bonds. The van der Waals surface area contributed by atoms with E-state index < -0.39 is 21.8 Å². The van der Waals surface area contributed by atoms with Crippen molar-refractivity contribution in [3.05, 3.63) is 78.4 Å². The quantitative estimate of drug-likeness (QED) is 0.370. The van der Waals surface area contributed by atoms with Crippen molar-refractivity contribution >= 4 is 15.7 Å². The molecular weight excluding hydrogens is 469 g/mol. The Balaban J connectivity index is 1.57. The van der Waals surface area contributed by atoms with Crippen molar-refractivity contribution in [3.63, 3.8) is 0 Å². The Morgan fingerprint density at radius 2 is 1.35 bits per heavy atom. The van der Waals surface area contributed by atoms with Gasteiger partial charge >= 0.3 is 6.18 Å². The summed E-state index contributed by atoms with van der Waals surface area (Å²) in [7, 11) is 0.141. The summed E-state index contributed by atoms with van der Waals surface area (Å²) in [5.41, 5.74) is -0.461. The molecule has 0 aliphatic rings. The van der Waals surface area contributed by atoms with Crippen molar-refractivity contribution < 1.29 is 31.1 Å². The van der Waals surface area contributed by atoms with Crippen molar-refractivity contribution in [3.8, 4) is 17.2 Å². The van der Waals surface area contributed by atoms with Crippen LogP contribution in [-0.2, 0) is 16.2 Å². The fraction of sp³-hybridized carbons (Fsp3) is 0.250.